The van der Waals surface area contributed by atoms with Gasteiger partial charge in [0.05, 0.1) is 5.69 Å². The Morgan fingerprint density at radius 2 is 1.86 bits per heavy atom. The summed E-state index contributed by atoms with van der Waals surface area (Å²) >= 11 is 9.38. The van der Waals surface area contributed by atoms with Gasteiger partial charge in [-0.25, -0.2) is 0 Å². The van der Waals surface area contributed by atoms with Gasteiger partial charge < -0.3 is 10.6 Å². The zero-order valence-corrected chi connectivity index (χ0v) is 14.9. The van der Waals surface area contributed by atoms with Gasteiger partial charge in [-0.1, -0.05) is 17.7 Å². The quantitative estimate of drug-likeness (QED) is 0.751. The number of hydrogen-bond donors (Lipinski definition) is 2. The SMILES string of the molecule is Cc1ccc(NC(=O)CCNc2ccc(Cl)cc2C)c(Br)c1. The predicted molar refractivity (Wildman–Crippen MR) is 96.8 cm³/mol. The van der Waals surface area contributed by atoms with E-state index in [4.69, 9.17) is 11.6 Å². The van der Waals surface area contributed by atoms with Crippen LogP contribution < -0.4 is 10.6 Å². The lowest BCUT2D eigenvalue weighted by Crippen LogP contribution is -2.16. The van der Waals surface area contributed by atoms with Crippen LogP contribution in [0.3, 0.4) is 0 Å². The first kappa shape index (κ1) is 16.8. The minimum absolute atomic E-state index is 0.0244. The van der Waals surface area contributed by atoms with Gasteiger partial charge in [0.25, 0.3) is 0 Å². The van der Waals surface area contributed by atoms with Crippen LogP contribution in [-0.4, -0.2) is 12.5 Å². The molecular formula is C17H18BrClN2O. The molecule has 0 heterocycles. The minimum atomic E-state index is -0.0244. The van der Waals surface area contributed by atoms with Gasteiger partial charge in [0.15, 0.2) is 0 Å². The Labute approximate surface area is 144 Å². The molecule has 116 valence electrons. The average Bonchev–Trinajstić information content (AvgIpc) is 2.44. The lowest BCUT2D eigenvalue weighted by Gasteiger charge is -2.11. The Kier molecular flexibility index (Phi) is 5.86. The average molecular weight is 382 g/mol. The molecule has 2 aromatic carbocycles. The summed E-state index contributed by atoms with van der Waals surface area (Å²) in [5.41, 5.74) is 3.99. The molecule has 0 spiro atoms. The van der Waals surface area contributed by atoms with Gasteiger partial charge in [-0.3, -0.25) is 4.79 Å². The highest BCUT2D eigenvalue weighted by Gasteiger charge is 2.06. The molecule has 0 saturated carbocycles. The molecule has 0 bridgehead atoms. The van der Waals surface area contributed by atoms with Crippen LogP contribution in [0.1, 0.15) is 17.5 Å². The Morgan fingerprint density at radius 3 is 2.55 bits per heavy atom. The van der Waals surface area contributed by atoms with Crippen molar-refractivity contribution in [2.45, 2.75) is 20.3 Å². The molecule has 0 saturated heterocycles. The fraction of sp³-hybridized carbons (Fsp3) is 0.235. The first-order valence-corrected chi connectivity index (χ1v) is 8.19. The lowest BCUT2D eigenvalue weighted by molar-refractivity contribution is -0.115. The Balaban J connectivity index is 1.85. The highest BCUT2D eigenvalue weighted by atomic mass is 79.9. The topological polar surface area (TPSA) is 41.1 Å². The van der Waals surface area contributed by atoms with Crippen molar-refractivity contribution in [1.82, 2.24) is 0 Å². The summed E-state index contributed by atoms with van der Waals surface area (Å²) in [5.74, 6) is -0.0244. The third-order valence-corrected chi connectivity index (χ3v) is 4.15. The molecule has 2 N–H and O–H groups in total. The van der Waals surface area contributed by atoms with E-state index in [-0.39, 0.29) is 5.91 Å². The van der Waals surface area contributed by atoms with Crippen molar-refractivity contribution >= 4 is 44.8 Å². The van der Waals surface area contributed by atoms with Crippen LogP contribution in [0.5, 0.6) is 0 Å². The van der Waals surface area contributed by atoms with Gasteiger partial charge in [0, 0.05) is 28.1 Å². The van der Waals surface area contributed by atoms with Crippen molar-refractivity contribution in [3.63, 3.8) is 0 Å². The molecule has 0 aliphatic carbocycles. The monoisotopic (exact) mass is 380 g/mol. The zero-order chi connectivity index (χ0) is 16.1. The van der Waals surface area contributed by atoms with Gasteiger partial charge in [-0.2, -0.15) is 0 Å². The van der Waals surface area contributed by atoms with E-state index in [1.54, 1.807) is 0 Å². The Bertz CT molecular complexity index is 688. The second kappa shape index (κ2) is 7.65. The van der Waals surface area contributed by atoms with Crippen LogP contribution in [-0.2, 0) is 4.79 Å². The first-order valence-electron chi connectivity index (χ1n) is 7.02. The molecular weight excluding hydrogens is 364 g/mol. The lowest BCUT2D eigenvalue weighted by atomic mass is 10.2. The highest BCUT2D eigenvalue weighted by Crippen LogP contribution is 2.23. The summed E-state index contributed by atoms with van der Waals surface area (Å²) in [6.45, 7) is 4.56. The number of nitrogens with one attached hydrogen (secondary N) is 2. The van der Waals surface area contributed by atoms with E-state index in [9.17, 15) is 4.79 Å². The molecule has 2 rings (SSSR count). The maximum absolute atomic E-state index is 12.0. The third kappa shape index (κ3) is 4.75. The van der Waals surface area contributed by atoms with Crippen molar-refractivity contribution < 1.29 is 4.79 Å². The van der Waals surface area contributed by atoms with Gasteiger partial charge in [-0.05, 0) is 71.2 Å². The number of carbonyl (C=O) groups is 1. The van der Waals surface area contributed by atoms with E-state index < -0.39 is 0 Å². The molecule has 0 aliphatic heterocycles. The maximum Gasteiger partial charge on any atom is 0.226 e. The summed E-state index contributed by atoms with van der Waals surface area (Å²) in [7, 11) is 0. The summed E-state index contributed by atoms with van der Waals surface area (Å²) in [4.78, 5) is 12.0. The molecule has 22 heavy (non-hydrogen) atoms. The van der Waals surface area contributed by atoms with Gasteiger partial charge in [0.2, 0.25) is 5.91 Å². The van der Waals surface area contributed by atoms with Crippen LogP contribution in [0.4, 0.5) is 11.4 Å². The third-order valence-electron chi connectivity index (χ3n) is 3.25. The molecule has 1 amide bonds. The molecule has 5 heteroatoms. The molecule has 0 aromatic heterocycles. The number of hydrogen-bond acceptors (Lipinski definition) is 2. The number of aryl methyl sites for hydroxylation is 2. The van der Waals surface area contributed by atoms with Crippen LogP contribution in [0.2, 0.25) is 5.02 Å². The van der Waals surface area contributed by atoms with E-state index in [1.807, 2.05) is 50.2 Å². The standard InChI is InChI=1S/C17H18BrClN2O/c1-11-3-5-16(14(18)9-11)21-17(22)7-8-20-15-6-4-13(19)10-12(15)2/h3-6,9-10,20H,7-8H2,1-2H3,(H,21,22). The van der Waals surface area contributed by atoms with Crippen LogP contribution in [0, 0.1) is 13.8 Å². The number of anilines is 2. The van der Waals surface area contributed by atoms with Crippen LogP contribution in [0.15, 0.2) is 40.9 Å². The van der Waals surface area contributed by atoms with Crippen molar-refractivity contribution in [1.29, 1.82) is 0 Å². The van der Waals surface area contributed by atoms with E-state index in [1.165, 1.54) is 0 Å². The molecule has 0 fully saturated rings. The molecule has 0 atom stereocenters. The van der Waals surface area contributed by atoms with E-state index in [2.05, 4.69) is 26.6 Å². The van der Waals surface area contributed by atoms with Crippen molar-refractivity contribution in [2.75, 3.05) is 17.2 Å². The predicted octanol–water partition coefficient (Wildman–Crippen LogP) is 5.16. The Hall–Kier alpha value is -1.52. The molecule has 2 aromatic rings. The molecule has 3 nitrogen and oxygen atoms in total. The summed E-state index contributed by atoms with van der Waals surface area (Å²) in [6, 6.07) is 11.5. The van der Waals surface area contributed by atoms with Gasteiger partial charge >= 0.3 is 0 Å². The number of halogens is 2. The number of rotatable bonds is 5. The van der Waals surface area contributed by atoms with Crippen molar-refractivity contribution in [2.24, 2.45) is 0 Å². The second-order valence-corrected chi connectivity index (χ2v) is 6.46. The smallest absolute Gasteiger partial charge is 0.226 e. The summed E-state index contributed by atoms with van der Waals surface area (Å²) in [5, 5.41) is 6.86. The minimum Gasteiger partial charge on any atom is -0.384 e. The molecule has 0 aliphatic rings. The molecule has 0 unspecified atom stereocenters. The van der Waals surface area contributed by atoms with Crippen molar-refractivity contribution in [3.05, 3.63) is 57.0 Å². The van der Waals surface area contributed by atoms with Crippen LogP contribution >= 0.6 is 27.5 Å². The van der Waals surface area contributed by atoms with E-state index in [0.717, 1.165) is 27.0 Å². The van der Waals surface area contributed by atoms with Crippen molar-refractivity contribution in [3.8, 4) is 0 Å². The largest absolute Gasteiger partial charge is 0.384 e. The molecule has 0 radical (unpaired) electrons. The normalized spacial score (nSPS) is 10.4. The number of amides is 1. The maximum atomic E-state index is 12.0. The number of benzene rings is 2. The van der Waals surface area contributed by atoms with Gasteiger partial charge in [-0.15, -0.1) is 0 Å². The van der Waals surface area contributed by atoms with E-state index in [0.29, 0.717) is 18.0 Å². The zero-order valence-electron chi connectivity index (χ0n) is 12.5. The fourth-order valence-electron chi connectivity index (χ4n) is 2.07. The summed E-state index contributed by atoms with van der Waals surface area (Å²) < 4.78 is 0.891. The fourth-order valence-corrected chi connectivity index (χ4v) is 2.89. The second-order valence-electron chi connectivity index (χ2n) is 5.17. The summed E-state index contributed by atoms with van der Waals surface area (Å²) in [6.07, 6.45) is 0.391. The Morgan fingerprint density at radius 1 is 1.14 bits per heavy atom. The number of carbonyl (C=O) groups excluding carboxylic acids is 1. The first-order chi connectivity index (χ1) is 10.5. The van der Waals surface area contributed by atoms with Gasteiger partial charge in [0.1, 0.15) is 0 Å². The highest BCUT2D eigenvalue weighted by molar-refractivity contribution is 9.10. The van der Waals surface area contributed by atoms with E-state index >= 15 is 0 Å². The van der Waals surface area contributed by atoms with Crippen LogP contribution in [0.25, 0.3) is 0 Å².